The Morgan fingerprint density at radius 2 is 1.05 bits per heavy atom. The lowest BCUT2D eigenvalue weighted by Crippen LogP contribution is -2.53. The highest BCUT2D eigenvalue weighted by Gasteiger charge is 2.26. The van der Waals surface area contributed by atoms with Crippen molar-refractivity contribution in [3.63, 3.8) is 0 Å². The number of alkyl carbamates (subject to hydrolysis) is 1. The SMILES string of the molecule is CC(C)(C)OC(=O)CC[C@H](NC(=O)OCc1ccccc1)C(=O)NCC(=O)NCC(=O)N[C@@H](Cc1ccccc1)C(=O)NCC(=O)NCOCC(=O)OCc1ccccc1. The van der Waals surface area contributed by atoms with Gasteiger partial charge in [0, 0.05) is 12.8 Å². The highest BCUT2D eigenvalue weighted by atomic mass is 16.6. The summed E-state index contributed by atoms with van der Waals surface area (Å²) < 4.78 is 20.7. The summed E-state index contributed by atoms with van der Waals surface area (Å²) in [5, 5.41) is 14.5. The summed E-state index contributed by atoms with van der Waals surface area (Å²) in [7, 11) is 0. The van der Waals surface area contributed by atoms with Gasteiger partial charge in [-0.3, -0.25) is 28.8 Å². The summed E-state index contributed by atoms with van der Waals surface area (Å²) in [5.41, 5.74) is 1.43. The number of rotatable bonds is 23. The van der Waals surface area contributed by atoms with Crippen LogP contribution in [0.25, 0.3) is 0 Å². The van der Waals surface area contributed by atoms with E-state index in [4.69, 9.17) is 18.9 Å². The van der Waals surface area contributed by atoms with E-state index in [-0.39, 0.29) is 39.2 Å². The minimum Gasteiger partial charge on any atom is -0.460 e. The van der Waals surface area contributed by atoms with Crippen LogP contribution in [-0.2, 0) is 72.1 Å². The zero-order chi connectivity index (χ0) is 43.8. The lowest BCUT2D eigenvalue weighted by molar-refractivity contribution is -0.155. The molecule has 0 aliphatic heterocycles. The number of amides is 6. The van der Waals surface area contributed by atoms with Crippen molar-refractivity contribution >= 4 is 47.6 Å². The third-order valence-corrected chi connectivity index (χ3v) is 7.94. The molecular weight excluding hydrogens is 780 g/mol. The van der Waals surface area contributed by atoms with E-state index in [2.05, 4.69) is 31.9 Å². The summed E-state index contributed by atoms with van der Waals surface area (Å²) >= 11 is 0. The second-order valence-corrected chi connectivity index (χ2v) is 14.1. The van der Waals surface area contributed by atoms with Gasteiger partial charge < -0.3 is 50.8 Å². The van der Waals surface area contributed by atoms with E-state index in [0.29, 0.717) is 11.1 Å². The van der Waals surface area contributed by atoms with Gasteiger partial charge in [-0.15, -0.1) is 0 Å². The molecule has 3 rings (SSSR count). The summed E-state index contributed by atoms with van der Waals surface area (Å²) in [6, 6.07) is 24.2. The minimum absolute atomic E-state index is 0.0453. The van der Waals surface area contributed by atoms with Gasteiger partial charge in [0.2, 0.25) is 29.5 Å². The molecular formula is C42H52N6O12. The van der Waals surface area contributed by atoms with Crippen molar-refractivity contribution in [3.8, 4) is 0 Å². The van der Waals surface area contributed by atoms with Gasteiger partial charge in [0.25, 0.3) is 0 Å². The van der Waals surface area contributed by atoms with Crippen LogP contribution in [0.4, 0.5) is 4.79 Å². The predicted molar refractivity (Wildman–Crippen MR) is 215 cm³/mol. The highest BCUT2D eigenvalue weighted by Crippen LogP contribution is 2.11. The van der Waals surface area contributed by atoms with Crippen molar-refractivity contribution in [2.45, 2.75) is 70.9 Å². The van der Waals surface area contributed by atoms with Gasteiger partial charge in [0.15, 0.2) is 0 Å². The molecule has 60 heavy (non-hydrogen) atoms. The van der Waals surface area contributed by atoms with Gasteiger partial charge in [-0.05, 0) is 43.9 Å². The van der Waals surface area contributed by atoms with E-state index in [1.54, 1.807) is 93.6 Å². The molecule has 322 valence electrons. The molecule has 6 amide bonds. The van der Waals surface area contributed by atoms with E-state index in [0.717, 1.165) is 5.56 Å². The summed E-state index contributed by atoms with van der Waals surface area (Å²) in [6.07, 6.45) is -1.28. The highest BCUT2D eigenvalue weighted by molar-refractivity contribution is 5.93. The molecule has 0 unspecified atom stereocenters. The molecule has 3 aromatic rings. The molecule has 0 saturated carbocycles. The quantitative estimate of drug-likeness (QED) is 0.0343. The van der Waals surface area contributed by atoms with Crippen molar-refractivity contribution in [2.24, 2.45) is 0 Å². The van der Waals surface area contributed by atoms with Crippen molar-refractivity contribution in [1.82, 2.24) is 31.9 Å². The first-order chi connectivity index (χ1) is 28.7. The molecule has 6 N–H and O–H groups in total. The van der Waals surface area contributed by atoms with E-state index >= 15 is 0 Å². The second kappa shape index (κ2) is 25.5. The van der Waals surface area contributed by atoms with E-state index in [1.165, 1.54) is 0 Å². The van der Waals surface area contributed by atoms with Crippen molar-refractivity contribution in [2.75, 3.05) is 33.0 Å². The standard InChI is InChI=1S/C42H52N6O12/c1-42(2,3)60-37(52)20-19-32(48-41(56)59-26-31-17-11-6-12-18-31)39(54)44-22-34(49)43-24-36(51)47-33(21-29-13-7-4-8-14-29)40(55)45-23-35(50)46-28-57-27-38(53)58-25-30-15-9-5-10-16-30/h4-18,32-33H,19-28H2,1-3H3,(H,43,49)(H,44,54)(H,45,55)(H,46,50)(H,47,51)(H,48,56)/t32-,33-/m0/s1. The van der Waals surface area contributed by atoms with Gasteiger partial charge >= 0.3 is 18.0 Å². The fourth-order valence-electron chi connectivity index (χ4n) is 5.07. The first kappa shape index (κ1) is 47.6. The first-order valence-electron chi connectivity index (χ1n) is 19.1. The van der Waals surface area contributed by atoms with Gasteiger partial charge in [0.1, 0.15) is 44.2 Å². The number of hydrogen-bond acceptors (Lipinski definition) is 12. The van der Waals surface area contributed by atoms with Crippen LogP contribution in [-0.4, -0.2) is 98.2 Å². The number of carbonyl (C=O) groups excluding carboxylic acids is 8. The Bertz CT molecular complexity index is 1870. The molecule has 0 heterocycles. The molecule has 0 saturated heterocycles. The fraction of sp³-hybridized carbons (Fsp3) is 0.381. The van der Waals surface area contributed by atoms with Gasteiger partial charge in [-0.25, -0.2) is 9.59 Å². The lowest BCUT2D eigenvalue weighted by atomic mass is 10.1. The summed E-state index contributed by atoms with van der Waals surface area (Å²) in [4.78, 5) is 101. The second-order valence-electron chi connectivity index (χ2n) is 14.1. The smallest absolute Gasteiger partial charge is 0.408 e. The molecule has 0 bridgehead atoms. The Labute approximate surface area is 347 Å². The molecule has 18 nitrogen and oxygen atoms in total. The normalized spacial score (nSPS) is 11.7. The largest absolute Gasteiger partial charge is 0.460 e. The first-order valence-corrected chi connectivity index (χ1v) is 19.1. The molecule has 0 spiro atoms. The van der Waals surface area contributed by atoms with Crippen LogP contribution in [0.15, 0.2) is 91.0 Å². The Hall–Kier alpha value is -6.82. The Kier molecular flexibility index (Phi) is 20.2. The monoisotopic (exact) mass is 832 g/mol. The molecule has 18 heteroatoms. The zero-order valence-corrected chi connectivity index (χ0v) is 33.8. The van der Waals surface area contributed by atoms with Crippen LogP contribution in [0.3, 0.4) is 0 Å². The molecule has 2 atom stereocenters. The van der Waals surface area contributed by atoms with E-state index in [9.17, 15) is 38.4 Å². The van der Waals surface area contributed by atoms with Crippen LogP contribution < -0.4 is 31.9 Å². The molecule has 0 fully saturated rings. The summed E-state index contributed by atoms with van der Waals surface area (Å²) in [6.45, 7) is 2.66. The third-order valence-electron chi connectivity index (χ3n) is 7.94. The van der Waals surface area contributed by atoms with Gasteiger partial charge in [-0.2, -0.15) is 0 Å². The number of esters is 2. The maximum Gasteiger partial charge on any atom is 0.408 e. The maximum absolute atomic E-state index is 13.1. The van der Waals surface area contributed by atoms with Crippen molar-refractivity contribution in [1.29, 1.82) is 0 Å². The summed E-state index contributed by atoms with van der Waals surface area (Å²) in [5.74, 6) is -4.89. The maximum atomic E-state index is 13.1. The van der Waals surface area contributed by atoms with Crippen LogP contribution in [0, 0.1) is 0 Å². The number of hydrogen-bond donors (Lipinski definition) is 6. The molecule has 0 aliphatic carbocycles. The minimum atomic E-state index is -1.28. The zero-order valence-electron chi connectivity index (χ0n) is 33.8. The topological polar surface area (TPSA) is 246 Å². The van der Waals surface area contributed by atoms with Gasteiger partial charge in [-0.1, -0.05) is 91.0 Å². The van der Waals surface area contributed by atoms with Crippen LogP contribution in [0.5, 0.6) is 0 Å². The number of carbonyl (C=O) groups is 8. The molecule has 0 aromatic heterocycles. The number of nitrogens with one attached hydrogen (secondary N) is 6. The van der Waals surface area contributed by atoms with Crippen LogP contribution in [0.1, 0.15) is 50.3 Å². The molecule has 0 aliphatic rings. The number of ether oxygens (including phenoxy) is 4. The average molecular weight is 833 g/mol. The number of benzene rings is 3. The van der Waals surface area contributed by atoms with Crippen LogP contribution >= 0.6 is 0 Å². The van der Waals surface area contributed by atoms with E-state index in [1.807, 2.05) is 18.2 Å². The third kappa shape index (κ3) is 20.6. The van der Waals surface area contributed by atoms with Crippen LogP contribution in [0.2, 0.25) is 0 Å². The Balaban J connectivity index is 1.45. The van der Waals surface area contributed by atoms with Crippen molar-refractivity contribution in [3.05, 3.63) is 108 Å². The predicted octanol–water partition coefficient (Wildman–Crippen LogP) is 1.31. The van der Waals surface area contributed by atoms with E-state index < -0.39 is 91.5 Å². The Morgan fingerprint density at radius 3 is 1.62 bits per heavy atom. The molecule has 3 aromatic carbocycles. The van der Waals surface area contributed by atoms with Gasteiger partial charge in [0.05, 0.1) is 19.6 Å². The Morgan fingerprint density at radius 1 is 0.550 bits per heavy atom. The fourth-order valence-corrected chi connectivity index (χ4v) is 5.07. The average Bonchev–Trinajstić information content (AvgIpc) is 3.22. The lowest BCUT2D eigenvalue weighted by Gasteiger charge is -2.21. The van der Waals surface area contributed by atoms with Crippen molar-refractivity contribution < 1.29 is 57.3 Å². The molecule has 0 radical (unpaired) electrons.